The molecule has 33 heavy (non-hydrogen) atoms. The van der Waals surface area contributed by atoms with Gasteiger partial charge in [0.2, 0.25) is 0 Å². The maximum absolute atomic E-state index is 12.8. The van der Waals surface area contributed by atoms with E-state index in [4.69, 9.17) is 4.65 Å². The van der Waals surface area contributed by atoms with E-state index in [2.05, 4.69) is 20.4 Å². The van der Waals surface area contributed by atoms with E-state index in [1.54, 1.807) is 23.7 Å². The number of carboxylic acid groups (broad SMARTS) is 1. The van der Waals surface area contributed by atoms with Crippen LogP contribution in [-0.4, -0.2) is 49.9 Å². The summed E-state index contributed by atoms with van der Waals surface area (Å²) in [5.74, 6) is -2.24. The van der Waals surface area contributed by atoms with Gasteiger partial charge in [0.25, 0.3) is 0 Å². The number of Topliss-reactive ketones (excluding diaryl/α,β-unsaturated/α-hetero) is 1. The average molecular weight is 466 g/mol. The van der Waals surface area contributed by atoms with Gasteiger partial charge in [-0.2, -0.15) is 0 Å². The third kappa shape index (κ3) is 5.02. The molecule has 0 fully saturated rings. The van der Waals surface area contributed by atoms with E-state index in [1.165, 1.54) is 17.4 Å². The lowest BCUT2D eigenvalue weighted by atomic mass is 9.64. The highest BCUT2D eigenvalue weighted by molar-refractivity contribution is 7.14. The molecule has 3 aromatic rings. The summed E-state index contributed by atoms with van der Waals surface area (Å²) in [6, 6.07) is 10.2. The van der Waals surface area contributed by atoms with Crippen molar-refractivity contribution in [3.63, 3.8) is 0 Å². The minimum absolute atomic E-state index is 0.0536. The lowest BCUT2D eigenvalue weighted by molar-refractivity contribution is -0.113. The predicted molar refractivity (Wildman–Crippen MR) is 121 cm³/mol. The Hall–Kier alpha value is -3.77. The molecule has 12 heteroatoms. The topological polar surface area (TPSA) is 154 Å². The van der Waals surface area contributed by atoms with Crippen LogP contribution in [0.5, 0.6) is 5.75 Å². The smallest absolute Gasteiger partial charge is 0.526 e. The van der Waals surface area contributed by atoms with Gasteiger partial charge in [0, 0.05) is 23.8 Å². The summed E-state index contributed by atoms with van der Waals surface area (Å²) in [6.45, 7) is 0.441. The number of carbonyl (C=O) groups is 2. The molecule has 4 rings (SSSR count). The number of para-hydroxylation sites is 1. The summed E-state index contributed by atoms with van der Waals surface area (Å²) in [5, 5.41) is 37.5. The normalized spacial score (nSPS) is 15.5. The molecule has 0 amide bonds. The number of carbonyl (C=O) groups excluding carboxylic acids is 1. The van der Waals surface area contributed by atoms with Gasteiger partial charge in [0.1, 0.15) is 11.4 Å². The number of aromatic nitrogens is 2. The first-order chi connectivity index (χ1) is 16.0. The molecule has 1 aromatic carbocycles. The number of carboxylic acids is 1. The third-order valence-corrected chi connectivity index (χ3v) is 5.96. The molecule has 4 N–H and O–H groups in total. The van der Waals surface area contributed by atoms with Gasteiger partial charge in [-0.1, -0.05) is 23.4 Å². The van der Waals surface area contributed by atoms with Gasteiger partial charge in [-0.3, -0.25) is 9.78 Å². The molecule has 1 aliphatic rings. The molecule has 1 atom stereocenters. The van der Waals surface area contributed by atoms with Crippen LogP contribution in [0.3, 0.4) is 0 Å². The van der Waals surface area contributed by atoms with Crippen LogP contribution >= 0.6 is 11.3 Å². The van der Waals surface area contributed by atoms with Crippen LogP contribution in [0.25, 0.3) is 0 Å². The number of pyridine rings is 1. The van der Waals surface area contributed by atoms with Gasteiger partial charge in [0.15, 0.2) is 16.6 Å². The van der Waals surface area contributed by atoms with Crippen molar-refractivity contribution in [1.29, 1.82) is 0 Å². The van der Waals surface area contributed by atoms with E-state index in [9.17, 15) is 24.9 Å². The van der Waals surface area contributed by atoms with E-state index in [1.807, 2.05) is 18.2 Å². The Balaban J connectivity index is 1.43. The molecule has 0 aliphatic carbocycles. The molecule has 3 heterocycles. The number of rotatable bonds is 8. The number of hydrogen-bond acceptors (Lipinski definition) is 10. The highest BCUT2D eigenvalue weighted by Gasteiger charge is 2.38. The Bertz CT molecular complexity index is 1200. The zero-order valence-electron chi connectivity index (χ0n) is 17.2. The number of aromatic carboxylic acids is 1. The van der Waals surface area contributed by atoms with Gasteiger partial charge in [-0.05, 0) is 30.2 Å². The summed E-state index contributed by atoms with van der Waals surface area (Å²) in [4.78, 5) is 32.7. The highest BCUT2D eigenvalue weighted by atomic mass is 32.1. The van der Waals surface area contributed by atoms with E-state index in [-0.39, 0.29) is 35.6 Å². The Labute approximate surface area is 192 Å². The fourth-order valence-corrected chi connectivity index (χ4v) is 4.24. The molecule has 0 saturated heterocycles. The van der Waals surface area contributed by atoms with Crippen molar-refractivity contribution in [3.8, 4) is 5.75 Å². The van der Waals surface area contributed by atoms with Crippen LogP contribution in [0, 0.1) is 0 Å². The minimum Gasteiger partial charge on any atom is -0.535 e. The molecule has 2 aromatic heterocycles. The van der Waals surface area contributed by atoms with E-state index in [0.717, 1.165) is 5.69 Å². The van der Waals surface area contributed by atoms with Crippen molar-refractivity contribution in [2.24, 2.45) is 5.16 Å². The lowest BCUT2D eigenvalue weighted by Crippen LogP contribution is -2.36. The number of fused-ring (bicyclic) bond motifs is 1. The van der Waals surface area contributed by atoms with E-state index < -0.39 is 24.7 Å². The van der Waals surface area contributed by atoms with Crippen LogP contribution in [0.2, 0.25) is 5.82 Å². The standard InChI is InChI=1S/C21H19BN4O6S/c27-17(9-13-8-12-4-3-6-15(20(28)29)19(12)32-22(13)30)18(26-31)16-11-33-21(25-16)24-10-14-5-1-2-7-23-14/h1-7,11,13,30-31H,8-10H2,(H,24,25)(H,28,29)/b26-18-/t13-/m1/s1. The number of thiazole rings is 1. The minimum atomic E-state index is -1.38. The lowest BCUT2D eigenvalue weighted by Gasteiger charge is -2.27. The zero-order chi connectivity index (χ0) is 23.4. The van der Waals surface area contributed by atoms with Crippen molar-refractivity contribution in [2.45, 2.75) is 25.2 Å². The molecule has 0 spiro atoms. The summed E-state index contributed by atoms with van der Waals surface area (Å²) >= 11 is 1.25. The van der Waals surface area contributed by atoms with Crippen molar-refractivity contribution >= 4 is 41.1 Å². The van der Waals surface area contributed by atoms with Crippen LogP contribution in [0.15, 0.2) is 53.1 Å². The molecular weight excluding hydrogens is 447 g/mol. The molecule has 0 saturated carbocycles. The molecule has 0 unspecified atom stereocenters. The Morgan fingerprint density at radius 2 is 2.12 bits per heavy atom. The first-order valence-corrected chi connectivity index (χ1v) is 10.9. The Morgan fingerprint density at radius 1 is 1.27 bits per heavy atom. The number of oxime groups is 1. The van der Waals surface area contributed by atoms with Gasteiger partial charge in [-0.25, -0.2) is 9.78 Å². The maximum atomic E-state index is 12.8. The molecule has 1 aliphatic heterocycles. The van der Waals surface area contributed by atoms with E-state index >= 15 is 0 Å². The monoisotopic (exact) mass is 466 g/mol. The molecule has 10 nitrogen and oxygen atoms in total. The quantitative estimate of drug-likeness (QED) is 0.170. The van der Waals surface area contributed by atoms with Gasteiger partial charge >= 0.3 is 13.1 Å². The molecule has 0 radical (unpaired) electrons. The number of nitrogens with zero attached hydrogens (tertiary/aromatic N) is 3. The van der Waals surface area contributed by atoms with Gasteiger partial charge in [0.05, 0.1) is 17.8 Å². The van der Waals surface area contributed by atoms with Crippen molar-refractivity contribution in [2.75, 3.05) is 5.32 Å². The third-order valence-electron chi connectivity index (χ3n) is 5.16. The average Bonchev–Trinajstić information content (AvgIpc) is 3.27. The van der Waals surface area contributed by atoms with Gasteiger partial charge < -0.3 is 25.3 Å². The molecular formula is C21H19BN4O6S. The second-order valence-electron chi connectivity index (χ2n) is 7.36. The number of anilines is 1. The first-order valence-electron chi connectivity index (χ1n) is 10.0. The number of nitrogens with one attached hydrogen (secondary N) is 1. The van der Waals surface area contributed by atoms with Gasteiger partial charge in [-0.15, -0.1) is 11.3 Å². The second-order valence-corrected chi connectivity index (χ2v) is 8.22. The zero-order valence-corrected chi connectivity index (χ0v) is 18.0. The summed E-state index contributed by atoms with van der Waals surface area (Å²) in [7, 11) is -1.38. The summed E-state index contributed by atoms with van der Waals surface area (Å²) in [5.41, 5.74) is 1.32. The summed E-state index contributed by atoms with van der Waals surface area (Å²) < 4.78 is 5.43. The number of benzene rings is 1. The number of ketones is 1. The van der Waals surface area contributed by atoms with Crippen molar-refractivity contribution in [1.82, 2.24) is 9.97 Å². The fraction of sp³-hybridized carbons (Fsp3) is 0.190. The van der Waals surface area contributed by atoms with Crippen LogP contribution < -0.4 is 9.97 Å². The number of hydrogen-bond donors (Lipinski definition) is 4. The second kappa shape index (κ2) is 9.80. The predicted octanol–water partition coefficient (Wildman–Crippen LogP) is 2.47. The Morgan fingerprint density at radius 3 is 2.85 bits per heavy atom. The van der Waals surface area contributed by atoms with Crippen molar-refractivity contribution in [3.05, 3.63) is 70.5 Å². The maximum Gasteiger partial charge on any atom is 0.526 e. The fourth-order valence-electron chi connectivity index (χ4n) is 3.54. The van der Waals surface area contributed by atoms with Crippen LogP contribution in [-0.2, 0) is 17.8 Å². The SMILES string of the molecule is O=C(C[C@H]1Cc2cccc(C(=O)O)c2OB1O)/C(=N\O)c1csc(NCc2ccccn2)n1. The van der Waals surface area contributed by atoms with Crippen LogP contribution in [0.4, 0.5) is 5.13 Å². The van der Waals surface area contributed by atoms with Crippen LogP contribution in [0.1, 0.15) is 33.7 Å². The van der Waals surface area contributed by atoms with E-state index in [0.29, 0.717) is 17.2 Å². The molecule has 168 valence electrons. The largest absolute Gasteiger partial charge is 0.535 e. The Kier molecular flexibility index (Phi) is 6.66. The molecule has 0 bridgehead atoms. The highest BCUT2D eigenvalue weighted by Crippen LogP contribution is 2.36. The summed E-state index contributed by atoms with van der Waals surface area (Å²) in [6.07, 6.45) is 1.74. The van der Waals surface area contributed by atoms with Crippen molar-refractivity contribution < 1.29 is 29.6 Å². The first kappa shape index (κ1) is 22.4.